The molecule has 1 unspecified atom stereocenters. The summed E-state index contributed by atoms with van der Waals surface area (Å²) in [4.78, 5) is 32.6. The van der Waals surface area contributed by atoms with Gasteiger partial charge in [0, 0.05) is 0 Å². The van der Waals surface area contributed by atoms with Gasteiger partial charge in [0.15, 0.2) is 16.7 Å². The zero-order chi connectivity index (χ0) is 25.2. The standard InChI is InChI=1S/C28H22N2O5S/c1-2-35-20-13-14-21-23(16-20)36-28(29-21)30-25(18-9-11-19(31)12-10-18)24(26(33)27(30)34)22(32)15-8-17-6-4-3-5-7-17/h3-16,25,31,33H,2H2,1H3/b15-8+. The van der Waals surface area contributed by atoms with Gasteiger partial charge in [0.2, 0.25) is 0 Å². The van der Waals surface area contributed by atoms with Crippen molar-refractivity contribution in [3.8, 4) is 11.5 Å². The van der Waals surface area contributed by atoms with Crippen molar-refractivity contribution in [3.05, 3.63) is 101 Å². The Labute approximate surface area is 211 Å². The van der Waals surface area contributed by atoms with Crippen molar-refractivity contribution in [2.45, 2.75) is 13.0 Å². The van der Waals surface area contributed by atoms with Crippen LogP contribution in [-0.2, 0) is 9.59 Å². The number of aromatic hydroxyl groups is 1. The third kappa shape index (κ3) is 4.34. The number of carbonyl (C=O) groups is 2. The minimum atomic E-state index is -0.919. The largest absolute Gasteiger partial charge is 0.508 e. The number of hydrogen-bond acceptors (Lipinski definition) is 7. The number of fused-ring (bicyclic) bond motifs is 1. The molecule has 0 bridgehead atoms. The molecule has 3 aromatic carbocycles. The smallest absolute Gasteiger partial charge is 0.296 e. The molecule has 5 rings (SSSR count). The van der Waals surface area contributed by atoms with E-state index in [2.05, 4.69) is 4.98 Å². The van der Waals surface area contributed by atoms with Gasteiger partial charge < -0.3 is 14.9 Å². The zero-order valence-electron chi connectivity index (χ0n) is 19.3. The second-order valence-electron chi connectivity index (χ2n) is 8.10. The monoisotopic (exact) mass is 498 g/mol. The summed E-state index contributed by atoms with van der Waals surface area (Å²) in [6.07, 6.45) is 2.98. The number of carbonyl (C=O) groups excluding carboxylic acids is 2. The number of rotatable bonds is 7. The number of aromatic nitrogens is 1. The summed E-state index contributed by atoms with van der Waals surface area (Å²) in [5.41, 5.74) is 1.98. The summed E-state index contributed by atoms with van der Waals surface area (Å²) in [7, 11) is 0. The zero-order valence-corrected chi connectivity index (χ0v) is 20.1. The van der Waals surface area contributed by atoms with Crippen molar-refractivity contribution in [2.24, 2.45) is 0 Å². The summed E-state index contributed by atoms with van der Waals surface area (Å²) >= 11 is 1.26. The summed E-state index contributed by atoms with van der Waals surface area (Å²) in [5, 5.41) is 21.0. The molecule has 1 aliphatic rings. The van der Waals surface area contributed by atoms with Crippen LogP contribution in [0.5, 0.6) is 11.5 Å². The second kappa shape index (κ2) is 9.67. The van der Waals surface area contributed by atoms with E-state index in [4.69, 9.17) is 4.74 Å². The molecule has 180 valence electrons. The molecule has 1 aliphatic heterocycles. The van der Waals surface area contributed by atoms with E-state index in [1.165, 1.54) is 34.4 Å². The first-order valence-electron chi connectivity index (χ1n) is 11.3. The first-order chi connectivity index (χ1) is 17.5. The molecule has 8 heteroatoms. The van der Waals surface area contributed by atoms with Gasteiger partial charge in [-0.3, -0.25) is 14.5 Å². The lowest BCUT2D eigenvalue weighted by atomic mass is 9.95. The highest BCUT2D eigenvalue weighted by molar-refractivity contribution is 7.22. The summed E-state index contributed by atoms with van der Waals surface area (Å²) < 4.78 is 6.38. The van der Waals surface area contributed by atoms with Crippen molar-refractivity contribution in [1.29, 1.82) is 0 Å². The number of nitrogens with zero attached hydrogens (tertiary/aromatic N) is 2. The predicted octanol–water partition coefficient (Wildman–Crippen LogP) is 5.58. The average molecular weight is 499 g/mol. The fourth-order valence-corrected chi connectivity index (χ4v) is 5.13. The quantitative estimate of drug-likeness (QED) is 0.323. The van der Waals surface area contributed by atoms with Crippen molar-refractivity contribution in [3.63, 3.8) is 0 Å². The fourth-order valence-electron chi connectivity index (χ4n) is 4.10. The maximum atomic E-state index is 13.3. The Bertz CT molecular complexity index is 1510. The van der Waals surface area contributed by atoms with Crippen LogP contribution in [0.3, 0.4) is 0 Å². The van der Waals surface area contributed by atoms with Crippen LogP contribution in [0.4, 0.5) is 5.13 Å². The summed E-state index contributed by atoms with van der Waals surface area (Å²) in [5.74, 6) is -1.10. The summed E-state index contributed by atoms with van der Waals surface area (Å²) in [6, 6.07) is 20.0. The van der Waals surface area contributed by atoms with Crippen molar-refractivity contribution in [1.82, 2.24) is 4.98 Å². The van der Waals surface area contributed by atoms with Gasteiger partial charge in [0.1, 0.15) is 11.5 Å². The van der Waals surface area contributed by atoms with E-state index in [1.807, 2.05) is 43.3 Å². The van der Waals surface area contributed by atoms with Gasteiger partial charge in [-0.1, -0.05) is 59.9 Å². The fraction of sp³-hybridized carbons (Fsp3) is 0.107. The molecule has 36 heavy (non-hydrogen) atoms. The van der Waals surface area contributed by atoms with Crippen molar-refractivity contribution >= 4 is 44.5 Å². The topological polar surface area (TPSA) is 100.0 Å². The minimum absolute atomic E-state index is 0.0446. The number of thiazole rings is 1. The third-order valence-electron chi connectivity index (χ3n) is 5.77. The van der Waals surface area contributed by atoms with E-state index in [0.29, 0.717) is 28.6 Å². The van der Waals surface area contributed by atoms with Crippen LogP contribution in [0.2, 0.25) is 0 Å². The van der Waals surface area contributed by atoms with E-state index < -0.39 is 23.5 Å². The highest BCUT2D eigenvalue weighted by atomic mass is 32.1. The Hall–Kier alpha value is -4.43. The lowest BCUT2D eigenvalue weighted by Crippen LogP contribution is -2.30. The van der Waals surface area contributed by atoms with Gasteiger partial charge in [-0.05, 0) is 54.5 Å². The molecule has 1 atom stereocenters. The molecule has 1 aromatic heterocycles. The number of benzene rings is 3. The minimum Gasteiger partial charge on any atom is -0.508 e. The van der Waals surface area contributed by atoms with Crippen LogP contribution < -0.4 is 9.64 Å². The lowest BCUT2D eigenvalue weighted by Gasteiger charge is -2.24. The van der Waals surface area contributed by atoms with E-state index in [-0.39, 0.29) is 11.3 Å². The SMILES string of the molecule is CCOc1ccc2nc(N3C(=O)C(O)=C(C(=O)/C=C/c4ccccc4)C3c3ccc(O)cc3)sc2c1. The number of phenols is 1. The van der Waals surface area contributed by atoms with Crippen LogP contribution in [0, 0.1) is 0 Å². The number of phenolic OH excluding ortho intramolecular Hbond substituents is 1. The highest BCUT2D eigenvalue weighted by Crippen LogP contribution is 2.44. The normalized spacial score (nSPS) is 15.9. The van der Waals surface area contributed by atoms with Crippen LogP contribution >= 0.6 is 11.3 Å². The molecular formula is C28H22N2O5S. The molecule has 7 nitrogen and oxygen atoms in total. The van der Waals surface area contributed by atoms with E-state index in [9.17, 15) is 19.8 Å². The molecule has 0 radical (unpaired) electrons. The molecule has 1 amide bonds. The Morgan fingerprint density at radius 1 is 1.08 bits per heavy atom. The van der Waals surface area contributed by atoms with E-state index in [1.54, 1.807) is 30.3 Å². The number of aliphatic hydroxyl groups excluding tert-OH is 1. The molecular weight excluding hydrogens is 476 g/mol. The molecule has 0 spiro atoms. The molecule has 2 heterocycles. The van der Waals surface area contributed by atoms with Gasteiger partial charge in [0.25, 0.3) is 5.91 Å². The number of anilines is 1. The van der Waals surface area contributed by atoms with Crippen LogP contribution in [0.15, 0.2) is 90.2 Å². The van der Waals surface area contributed by atoms with Crippen molar-refractivity contribution < 1.29 is 24.5 Å². The van der Waals surface area contributed by atoms with Crippen LogP contribution in [0.25, 0.3) is 16.3 Å². The molecule has 0 saturated heterocycles. The van der Waals surface area contributed by atoms with E-state index >= 15 is 0 Å². The average Bonchev–Trinajstić information content (AvgIpc) is 3.42. The first-order valence-corrected chi connectivity index (χ1v) is 12.1. The lowest BCUT2D eigenvalue weighted by molar-refractivity contribution is -0.117. The molecule has 0 fully saturated rings. The Balaban J connectivity index is 1.58. The van der Waals surface area contributed by atoms with Gasteiger partial charge in [-0.15, -0.1) is 0 Å². The molecule has 4 aromatic rings. The van der Waals surface area contributed by atoms with Crippen LogP contribution in [0.1, 0.15) is 24.1 Å². The Morgan fingerprint density at radius 2 is 1.83 bits per heavy atom. The maximum Gasteiger partial charge on any atom is 0.296 e. The predicted molar refractivity (Wildman–Crippen MR) is 139 cm³/mol. The Morgan fingerprint density at radius 3 is 2.56 bits per heavy atom. The molecule has 0 saturated carbocycles. The van der Waals surface area contributed by atoms with Gasteiger partial charge in [-0.25, -0.2) is 4.98 Å². The van der Waals surface area contributed by atoms with Gasteiger partial charge in [-0.2, -0.15) is 0 Å². The van der Waals surface area contributed by atoms with Gasteiger partial charge >= 0.3 is 0 Å². The van der Waals surface area contributed by atoms with E-state index in [0.717, 1.165) is 10.3 Å². The number of ether oxygens (including phenoxy) is 1. The third-order valence-corrected chi connectivity index (χ3v) is 6.79. The molecule has 0 aliphatic carbocycles. The van der Waals surface area contributed by atoms with Crippen LogP contribution in [-0.4, -0.2) is 33.5 Å². The molecule has 2 N–H and O–H groups in total. The Kier molecular flexibility index (Phi) is 6.26. The second-order valence-corrected chi connectivity index (χ2v) is 9.11. The first kappa shape index (κ1) is 23.3. The highest BCUT2D eigenvalue weighted by Gasteiger charge is 2.45. The number of aliphatic hydroxyl groups is 1. The number of ketones is 1. The number of hydrogen-bond donors (Lipinski definition) is 2. The summed E-state index contributed by atoms with van der Waals surface area (Å²) in [6.45, 7) is 2.41. The van der Waals surface area contributed by atoms with Gasteiger partial charge in [0.05, 0.1) is 28.4 Å². The number of allylic oxidation sites excluding steroid dienone is 1. The maximum absolute atomic E-state index is 13.3. The number of amides is 1. The van der Waals surface area contributed by atoms with Crippen molar-refractivity contribution in [2.75, 3.05) is 11.5 Å².